The molecule has 1 aromatic heterocycles. The Morgan fingerprint density at radius 3 is 3.17 bits per heavy atom. The van der Waals surface area contributed by atoms with Crippen LogP contribution in [0.15, 0.2) is 4.52 Å². The van der Waals surface area contributed by atoms with Gasteiger partial charge < -0.3 is 9.26 Å². The van der Waals surface area contributed by atoms with Gasteiger partial charge in [-0.2, -0.15) is 4.98 Å². The second-order valence-electron chi connectivity index (χ2n) is 4.51. The van der Waals surface area contributed by atoms with Crippen LogP contribution in [-0.2, 0) is 22.5 Å². The Morgan fingerprint density at radius 1 is 1.61 bits per heavy atom. The smallest absolute Gasteiger partial charge is 0.323 e. The molecule has 1 aliphatic rings. The zero-order valence-electron chi connectivity index (χ0n) is 10.9. The molecule has 1 atom stereocenters. The number of aryl methyl sites for hydroxylation is 1. The van der Waals surface area contributed by atoms with Crippen molar-refractivity contribution < 1.29 is 14.1 Å². The van der Waals surface area contributed by atoms with E-state index in [1.165, 1.54) is 7.11 Å². The molecule has 1 fully saturated rings. The maximum Gasteiger partial charge on any atom is 0.323 e. The highest BCUT2D eigenvalue weighted by Crippen LogP contribution is 2.20. The monoisotopic (exact) mass is 253 g/mol. The number of aromatic nitrogens is 2. The SMILES string of the molecule is CCCc1nc(CN2CCCC2C(=O)OC)no1. The Balaban J connectivity index is 1.96. The van der Waals surface area contributed by atoms with Gasteiger partial charge in [0, 0.05) is 6.42 Å². The molecule has 1 aromatic rings. The highest BCUT2D eigenvalue weighted by atomic mass is 16.5. The number of likely N-dealkylation sites (tertiary alicyclic amines) is 1. The summed E-state index contributed by atoms with van der Waals surface area (Å²) in [4.78, 5) is 18.0. The minimum absolute atomic E-state index is 0.164. The number of methoxy groups -OCH3 is 1. The molecule has 0 aliphatic carbocycles. The van der Waals surface area contributed by atoms with Crippen LogP contribution in [0.5, 0.6) is 0 Å². The van der Waals surface area contributed by atoms with Gasteiger partial charge in [0.15, 0.2) is 5.82 Å². The van der Waals surface area contributed by atoms with Crippen molar-refractivity contribution in [1.29, 1.82) is 0 Å². The lowest BCUT2D eigenvalue weighted by molar-refractivity contribution is -0.146. The Morgan fingerprint density at radius 2 is 2.44 bits per heavy atom. The van der Waals surface area contributed by atoms with Gasteiger partial charge in [0.25, 0.3) is 0 Å². The van der Waals surface area contributed by atoms with Crippen molar-refractivity contribution in [3.63, 3.8) is 0 Å². The van der Waals surface area contributed by atoms with Gasteiger partial charge >= 0.3 is 5.97 Å². The van der Waals surface area contributed by atoms with Crippen molar-refractivity contribution in [1.82, 2.24) is 15.0 Å². The van der Waals surface area contributed by atoms with Gasteiger partial charge in [0.05, 0.1) is 13.7 Å². The number of carbonyl (C=O) groups is 1. The molecule has 1 unspecified atom stereocenters. The van der Waals surface area contributed by atoms with Crippen molar-refractivity contribution in [2.45, 2.75) is 45.2 Å². The van der Waals surface area contributed by atoms with Crippen molar-refractivity contribution in [2.75, 3.05) is 13.7 Å². The first-order valence-electron chi connectivity index (χ1n) is 6.38. The minimum Gasteiger partial charge on any atom is -0.468 e. The third kappa shape index (κ3) is 2.87. The average Bonchev–Trinajstić information content (AvgIpc) is 2.99. The maximum absolute atomic E-state index is 11.6. The molecule has 100 valence electrons. The largest absolute Gasteiger partial charge is 0.468 e. The predicted molar refractivity (Wildman–Crippen MR) is 63.7 cm³/mol. The summed E-state index contributed by atoms with van der Waals surface area (Å²) in [6.07, 6.45) is 3.62. The average molecular weight is 253 g/mol. The van der Waals surface area contributed by atoms with Gasteiger partial charge in [-0.1, -0.05) is 12.1 Å². The second-order valence-corrected chi connectivity index (χ2v) is 4.51. The van der Waals surface area contributed by atoms with E-state index in [0.29, 0.717) is 18.3 Å². The van der Waals surface area contributed by atoms with E-state index < -0.39 is 0 Å². The lowest BCUT2D eigenvalue weighted by Gasteiger charge is -2.20. The van der Waals surface area contributed by atoms with Crippen LogP contribution in [0.1, 0.15) is 37.9 Å². The van der Waals surface area contributed by atoms with Crippen molar-refractivity contribution in [2.24, 2.45) is 0 Å². The van der Waals surface area contributed by atoms with Crippen LogP contribution in [0.3, 0.4) is 0 Å². The van der Waals surface area contributed by atoms with Crippen LogP contribution < -0.4 is 0 Å². The normalized spacial score (nSPS) is 20.2. The van der Waals surface area contributed by atoms with Crippen LogP contribution in [-0.4, -0.2) is 40.7 Å². The number of carbonyl (C=O) groups excluding carboxylic acids is 1. The second kappa shape index (κ2) is 5.95. The zero-order chi connectivity index (χ0) is 13.0. The third-order valence-corrected chi connectivity index (χ3v) is 3.16. The van der Waals surface area contributed by atoms with Gasteiger partial charge in [-0.05, 0) is 25.8 Å². The molecule has 2 heterocycles. The Hall–Kier alpha value is -1.43. The van der Waals surface area contributed by atoms with Crippen LogP contribution in [0.2, 0.25) is 0 Å². The van der Waals surface area contributed by atoms with E-state index >= 15 is 0 Å². The molecular weight excluding hydrogens is 234 g/mol. The lowest BCUT2D eigenvalue weighted by Crippen LogP contribution is -2.36. The van der Waals surface area contributed by atoms with Crippen molar-refractivity contribution in [3.05, 3.63) is 11.7 Å². The molecule has 1 saturated heterocycles. The Labute approximate surface area is 106 Å². The maximum atomic E-state index is 11.6. The fourth-order valence-electron chi connectivity index (χ4n) is 2.27. The van der Waals surface area contributed by atoms with Crippen molar-refractivity contribution >= 4 is 5.97 Å². The molecule has 0 bridgehead atoms. The summed E-state index contributed by atoms with van der Waals surface area (Å²) in [6, 6.07) is -0.164. The van der Waals surface area contributed by atoms with E-state index in [0.717, 1.165) is 32.2 Å². The van der Waals surface area contributed by atoms with Crippen molar-refractivity contribution in [3.8, 4) is 0 Å². The molecule has 6 heteroatoms. The zero-order valence-corrected chi connectivity index (χ0v) is 10.9. The number of hydrogen-bond acceptors (Lipinski definition) is 6. The van der Waals surface area contributed by atoms with E-state index in [1.807, 2.05) is 4.90 Å². The first-order chi connectivity index (χ1) is 8.74. The third-order valence-electron chi connectivity index (χ3n) is 3.16. The van der Waals surface area contributed by atoms with Gasteiger partial charge in [0.1, 0.15) is 6.04 Å². The first kappa shape index (κ1) is 13.0. The molecule has 0 radical (unpaired) electrons. The summed E-state index contributed by atoms with van der Waals surface area (Å²) in [5.74, 6) is 1.14. The number of ether oxygens (including phenoxy) is 1. The summed E-state index contributed by atoms with van der Waals surface area (Å²) < 4.78 is 9.93. The Kier molecular flexibility index (Phi) is 4.30. The molecule has 2 rings (SSSR count). The van der Waals surface area contributed by atoms with Crippen LogP contribution in [0.4, 0.5) is 0 Å². The quantitative estimate of drug-likeness (QED) is 0.733. The standard InChI is InChI=1S/C12H19N3O3/c1-3-5-11-13-10(14-18-11)8-15-7-4-6-9(15)12(16)17-2/h9H,3-8H2,1-2H3. The molecular formula is C12H19N3O3. The van der Waals surface area contributed by atoms with E-state index in [-0.39, 0.29) is 12.0 Å². The van der Waals surface area contributed by atoms with Crippen LogP contribution in [0.25, 0.3) is 0 Å². The van der Waals surface area contributed by atoms with Crippen LogP contribution in [0, 0.1) is 0 Å². The van der Waals surface area contributed by atoms with Gasteiger partial charge in [-0.3, -0.25) is 9.69 Å². The molecule has 0 N–H and O–H groups in total. The molecule has 18 heavy (non-hydrogen) atoms. The molecule has 1 aliphatic heterocycles. The minimum atomic E-state index is -0.176. The molecule has 0 spiro atoms. The summed E-state index contributed by atoms with van der Waals surface area (Å²) in [5.41, 5.74) is 0. The van der Waals surface area contributed by atoms with Gasteiger partial charge in [-0.25, -0.2) is 0 Å². The molecule has 0 amide bonds. The molecule has 0 saturated carbocycles. The van der Waals surface area contributed by atoms with E-state index in [9.17, 15) is 4.79 Å². The summed E-state index contributed by atoms with van der Waals surface area (Å²) >= 11 is 0. The van der Waals surface area contributed by atoms with E-state index in [4.69, 9.17) is 9.26 Å². The summed E-state index contributed by atoms with van der Waals surface area (Å²) in [6.45, 7) is 3.49. The molecule has 0 aromatic carbocycles. The van der Waals surface area contributed by atoms with Gasteiger partial charge in [-0.15, -0.1) is 0 Å². The number of esters is 1. The van der Waals surface area contributed by atoms with E-state index in [2.05, 4.69) is 17.1 Å². The lowest BCUT2D eigenvalue weighted by atomic mass is 10.2. The highest BCUT2D eigenvalue weighted by Gasteiger charge is 2.32. The number of hydrogen-bond donors (Lipinski definition) is 0. The molecule has 6 nitrogen and oxygen atoms in total. The number of nitrogens with zero attached hydrogens (tertiary/aromatic N) is 3. The first-order valence-corrected chi connectivity index (χ1v) is 6.38. The fraction of sp³-hybridized carbons (Fsp3) is 0.750. The fourth-order valence-corrected chi connectivity index (χ4v) is 2.27. The van der Waals surface area contributed by atoms with Gasteiger partial charge in [0.2, 0.25) is 5.89 Å². The van der Waals surface area contributed by atoms with Crippen LogP contribution >= 0.6 is 0 Å². The van der Waals surface area contributed by atoms with E-state index in [1.54, 1.807) is 0 Å². The summed E-state index contributed by atoms with van der Waals surface area (Å²) in [7, 11) is 1.42. The highest BCUT2D eigenvalue weighted by molar-refractivity contribution is 5.75. The number of rotatable bonds is 5. The Bertz CT molecular complexity index is 405. The predicted octanol–water partition coefficient (Wildman–Crippen LogP) is 1.16. The summed E-state index contributed by atoms with van der Waals surface area (Å²) in [5, 5.41) is 3.94. The topological polar surface area (TPSA) is 68.5 Å².